The van der Waals surface area contributed by atoms with Crippen molar-refractivity contribution in [2.24, 2.45) is 7.05 Å². The van der Waals surface area contributed by atoms with Gasteiger partial charge in [0.2, 0.25) is 0 Å². The molecular formula is C17H25N7. The number of anilines is 1. The molecule has 0 aliphatic rings. The van der Waals surface area contributed by atoms with E-state index in [-0.39, 0.29) is 5.92 Å². The predicted molar refractivity (Wildman–Crippen MR) is 95.1 cm³/mol. The minimum atomic E-state index is 0.265. The lowest BCUT2D eigenvalue weighted by Gasteiger charge is -2.20. The van der Waals surface area contributed by atoms with Gasteiger partial charge in [-0.15, -0.1) is 0 Å². The van der Waals surface area contributed by atoms with Gasteiger partial charge in [-0.2, -0.15) is 10.2 Å². The van der Waals surface area contributed by atoms with Crippen LogP contribution in [0.25, 0.3) is 11.0 Å². The van der Waals surface area contributed by atoms with Crippen LogP contribution in [-0.2, 0) is 20.1 Å². The predicted octanol–water partition coefficient (Wildman–Crippen LogP) is 2.65. The molecule has 0 atom stereocenters. The zero-order chi connectivity index (χ0) is 17.4. The fourth-order valence-corrected chi connectivity index (χ4v) is 2.78. The maximum absolute atomic E-state index is 4.80. The molecule has 0 fully saturated rings. The molecule has 0 aliphatic carbocycles. The van der Waals surface area contributed by atoms with E-state index in [2.05, 4.69) is 61.0 Å². The van der Waals surface area contributed by atoms with E-state index in [1.54, 1.807) is 4.68 Å². The number of aryl methyl sites for hydroxylation is 3. The zero-order valence-corrected chi connectivity index (χ0v) is 15.3. The van der Waals surface area contributed by atoms with Crippen LogP contribution in [0.15, 0.2) is 12.4 Å². The maximum Gasteiger partial charge on any atom is 0.163 e. The Bertz CT molecular complexity index is 859. The van der Waals surface area contributed by atoms with Crippen LogP contribution in [0.4, 0.5) is 5.82 Å². The molecule has 0 aromatic carbocycles. The summed E-state index contributed by atoms with van der Waals surface area (Å²) in [6.07, 6.45) is 3.95. The van der Waals surface area contributed by atoms with E-state index in [1.165, 1.54) is 5.56 Å². The minimum absolute atomic E-state index is 0.265. The standard InChI is InChI=1S/C17H25N7/c1-7-24-10-13(12(4)21-24)9-22(5)16-14-8-18-23(6)17(14)20-15(19-16)11(2)3/h8,10-11H,7,9H2,1-6H3. The minimum Gasteiger partial charge on any atom is -0.354 e. The molecular weight excluding hydrogens is 302 g/mol. The van der Waals surface area contributed by atoms with E-state index >= 15 is 0 Å². The third-order valence-corrected chi connectivity index (χ3v) is 4.25. The highest BCUT2D eigenvalue weighted by atomic mass is 15.3. The molecule has 0 N–H and O–H groups in total. The summed E-state index contributed by atoms with van der Waals surface area (Å²) >= 11 is 0. The van der Waals surface area contributed by atoms with Crippen LogP contribution < -0.4 is 4.90 Å². The van der Waals surface area contributed by atoms with Crippen molar-refractivity contribution in [3.05, 3.63) is 29.5 Å². The number of nitrogens with zero attached hydrogens (tertiary/aromatic N) is 7. The Labute approximate surface area is 142 Å². The van der Waals surface area contributed by atoms with Gasteiger partial charge >= 0.3 is 0 Å². The second-order valence-electron chi connectivity index (χ2n) is 6.52. The molecule has 7 nitrogen and oxygen atoms in total. The van der Waals surface area contributed by atoms with E-state index in [0.29, 0.717) is 0 Å². The van der Waals surface area contributed by atoms with E-state index in [0.717, 1.165) is 41.5 Å². The highest BCUT2D eigenvalue weighted by Gasteiger charge is 2.17. The van der Waals surface area contributed by atoms with Crippen molar-refractivity contribution in [1.82, 2.24) is 29.5 Å². The summed E-state index contributed by atoms with van der Waals surface area (Å²) in [5.74, 6) is 2.02. The smallest absolute Gasteiger partial charge is 0.163 e. The van der Waals surface area contributed by atoms with Crippen LogP contribution >= 0.6 is 0 Å². The fourth-order valence-electron chi connectivity index (χ4n) is 2.78. The molecule has 24 heavy (non-hydrogen) atoms. The van der Waals surface area contributed by atoms with Gasteiger partial charge < -0.3 is 4.90 Å². The monoisotopic (exact) mass is 327 g/mol. The van der Waals surface area contributed by atoms with Crippen LogP contribution in [0.1, 0.15) is 43.8 Å². The van der Waals surface area contributed by atoms with Gasteiger partial charge in [-0.3, -0.25) is 9.36 Å². The lowest BCUT2D eigenvalue weighted by atomic mass is 10.2. The van der Waals surface area contributed by atoms with Crippen molar-refractivity contribution in [3.8, 4) is 0 Å². The largest absolute Gasteiger partial charge is 0.354 e. The molecule has 0 saturated heterocycles. The number of hydrogen-bond donors (Lipinski definition) is 0. The van der Waals surface area contributed by atoms with Crippen molar-refractivity contribution in [1.29, 1.82) is 0 Å². The first-order valence-electron chi connectivity index (χ1n) is 8.34. The summed E-state index contributed by atoms with van der Waals surface area (Å²) in [7, 11) is 3.97. The molecule has 3 aromatic rings. The Morgan fingerprint density at radius 3 is 2.62 bits per heavy atom. The van der Waals surface area contributed by atoms with E-state index in [4.69, 9.17) is 4.98 Å². The van der Waals surface area contributed by atoms with Gasteiger partial charge in [-0.25, -0.2) is 9.97 Å². The second-order valence-corrected chi connectivity index (χ2v) is 6.52. The summed E-state index contributed by atoms with van der Waals surface area (Å²) in [6.45, 7) is 9.99. The van der Waals surface area contributed by atoms with Crippen molar-refractivity contribution in [2.45, 2.75) is 46.7 Å². The van der Waals surface area contributed by atoms with Gasteiger partial charge in [0.1, 0.15) is 11.6 Å². The molecule has 0 radical (unpaired) electrons. The molecule has 0 aliphatic heterocycles. The molecule has 128 valence electrons. The Balaban J connectivity index is 2.02. The lowest BCUT2D eigenvalue weighted by Crippen LogP contribution is -2.19. The van der Waals surface area contributed by atoms with Crippen molar-refractivity contribution < 1.29 is 0 Å². The zero-order valence-electron chi connectivity index (χ0n) is 15.3. The molecule has 0 unspecified atom stereocenters. The third kappa shape index (κ3) is 2.86. The van der Waals surface area contributed by atoms with Crippen LogP contribution in [0.3, 0.4) is 0 Å². The maximum atomic E-state index is 4.80. The summed E-state index contributed by atoms with van der Waals surface area (Å²) in [5, 5.41) is 9.86. The van der Waals surface area contributed by atoms with E-state index in [9.17, 15) is 0 Å². The summed E-state index contributed by atoms with van der Waals surface area (Å²) in [4.78, 5) is 11.6. The van der Waals surface area contributed by atoms with Gasteiger partial charge in [0, 0.05) is 44.9 Å². The quantitative estimate of drug-likeness (QED) is 0.721. The number of hydrogen-bond acceptors (Lipinski definition) is 5. The average Bonchev–Trinajstić information content (AvgIpc) is 3.10. The first-order valence-corrected chi connectivity index (χ1v) is 8.34. The first-order chi connectivity index (χ1) is 11.4. The molecule has 3 aromatic heterocycles. The van der Waals surface area contributed by atoms with Gasteiger partial charge in [-0.1, -0.05) is 13.8 Å². The Morgan fingerprint density at radius 2 is 2.00 bits per heavy atom. The van der Waals surface area contributed by atoms with Crippen LogP contribution in [0, 0.1) is 6.92 Å². The van der Waals surface area contributed by atoms with Gasteiger partial charge in [-0.05, 0) is 13.8 Å². The summed E-state index contributed by atoms with van der Waals surface area (Å²) in [6, 6.07) is 0. The Kier molecular flexibility index (Phi) is 4.26. The molecule has 0 saturated carbocycles. The third-order valence-electron chi connectivity index (χ3n) is 4.25. The Hall–Kier alpha value is -2.44. The normalized spacial score (nSPS) is 11.6. The van der Waals surface area contributed by atoms with Crippen LogP contribution in [-0.4, -0.2) is 36.6 Å². The van der Waals surface area contributed by atoms with E-state index < -0.39 is 0 Å². The van der Waals surface area contributed by atoms with E-state index in [1.807, 2.05) is 17.9 Å². The molecule has 3 heterocycles. The van der Waals surface area contributed by atoms with Gasteiger partial charge in [0.25, 0.3) is 0 Å². The van der Waals surface area contributed by atoms with Crippen LogP contribution in [0.2, 0.25) is 0 Å². The summed E-state index contributed by atoms with van der Waals surface area (Å²) in [5.41, 5.74) is 3.14. The topological polar surface area (TPSA) is 64.7 Å². The Morgan fingerprint density at radius 1 is 1.25 bits per heavy atom. The highest BCUT2D eigenvalue weighted by molar-refractivity contribution is 5.86. The molecule has 0 amide bonds. The molecule has 7 heteroatoms. The number of rotatable bonds is 5. The SMILES string of the molecule is CCn1cc(CN(C)c2nc(C(C)C)nc3c2cnn3C)c(C)n1. The lowest BCUT2D eigenvalue weighted by molar-refractivity contribution is 0.653. The number of aromatic nitrogens is 6. The van der Waals surface area contributed by atoms with Gasteiger partial charge in [0.15, 0.2) is 5.65 Å². The van der Waals surface area contributed by atoms with Crippen molar-refractivity contribution in [3.63, 3.8) is 0 Å². The van der Waals surface area contributed by atoms with Crippen LogP contribution in [0.5, 0.6) is 0 Å². The molecule has 3 rings (SSSR count). The fraction of sp³-hybridized carbons (Fsp3) is 0.529. The molecule has 0 bridgehead atoms. The average molecular weight is 327 g/mol. The summed E-state index contributed by atoms with van der Waals surface area (Å²) < 4.78 is 3.78. The second kappa shape index (κ2) is 6.22. The van der Waals surface area contributed by atoms with Crippen molar-refractivity contribution in [2.75, 3.05) is 11.9 Å². The van der Waals surface area contributed by atoms with Gasteiger partial charge in [0.05, 0.1) is 17.3 Å². The first kappa shape index (κ1) is 16.4. The number of fused-ring (bicyclic) bond motifs is 1. The molecule has 0 spiro atoms. The highest BCUT2D eigenvalue weighted by Crippen LogP contribution is 2.26. The van der Waals surface area contributed by atoms with Crippen molar-refractivity contribution >= 4 is 16.9 Å².